The zero-order valence-corrected chi connectivity index (χ0v) is 17.8. The predicted molar refractivity (Wildman–Crippen MR) is 112 cm³/mol. The summed E-state index contributed by atoms with van der Waals surface area (Å²) >= 11 is 0. The van der Waals surface area contributed by atoms with Crippen molar-refractivity contribution < 1.29 is 8.42 Å². The van der Waals surface area contributed by atoms with Crippen molar-refractivity contribution in [3.8, 4) is 0 Å². The minimum Gasteiger partial charge on any atom is -0.357 e. The monoisotopic (exact) mass is 468 g/mol. The summed E-state index contributed by atoms with van der Waals surface area (Å²) < 4.78 is 24.4. The molecule has 1 aromatic carbocycles. The second-order valence-electron chi connectivity index (χ2n) is 5.26. The average molecular weight is 468 g/mol. The van der Waals surface area contributed by atoms with Crippen LogP contribution in [0.5, 0.6) is 0 Å². The van der Waals surface area contributed by atoms with E-state index >= 15 is 0 Å². The molecule has 0 saturated heterocycles. The minimum absolute atomic E-state index is 0. The Hall–Kier alpha value is -0.870. The second-order valence-corrected chi connectivity index (χ2v) is 7.10. The van der Waals surface area contributed by atoms with Crippen molar-refractivity contribution in [3.63, 3.8) is 0 Å². The molecular formula is C16H29IN4O2S. The van der Waals surface area contributed by atoms with Crippen LogP contribution in [0, 0.1) is 0 Å². The van der Waals surface area contributed by atoms with E-state index in [0.29, 0.717) is 26.1 Å². The number of aliphatic imine (C=N–C) groups is 1. The van der Waals surface area contributed by atoms with E-state index in [9.17, 15) is 8.42 Å². The molecule has 0 aliphatic heterocycles. The van der Waals surface area contributed by atoms with Crippen LogP contribution in [-0.2, 0) is 23.0 Å². The Balaban J connectivity index is 0.00000529. The van der Waals surface area contributed by atoms with E-state index in [1.165, 1.54) is 11.1 Å². The summed E-state index contributed by atoms with van der Waals surface area (Å²) in [5.74, 6) is 0.748. The molecule has 6 nitrogen and oxygen atoms in total. The molecule has 0 fully saturated rings. The third-order valence-electron chi connectivity index (χ3n) is 3.26. The van der Waals surface area contributed by atoms with Gasteiger partial charge in [0.25, 0.3) is 0 Å². The van der Waals surface area contributed by atoms with E-state index in [0.717, 1.165) is 25.2 Å². The molecule has 0 spiro atoms. The molecule has 0 atom stereocenters. The molecule has 0 saturated carbocycles. The normalized spacial score (nSPS) is 11.7. The quantitative estimate of drug-likeness (QED) is 0.224. The highest BCUT2D eigenvalue weighted by molar-refractivity contribution is 14.0. The molecule has 0 heterocycles. The van der Waals surface area contributed by atoms with Crippen LogP contribution in [-0.4, -0.2) is 40.3 Å². The Bertz CT molecular complexity index is 606. The molecule has 0 unspecified atom stereocenters. The summed E-state index contributed by atoms with van der Waals surface area (Å²) in [5.41, 5.74) is 2.54. The molecule has 0 aliphatic rings. The van der Waals surface area contributed by atoms with Gasteiger partial charge in [-0.3, -0.25) is 0 Å². The topological polar surface area (TPSA) is 82.6 Å². The number of rotatable bonds is 9. The molecule has 138 valence electrons. The Morgan fingerprint density at radius 1 is 1.08 bits per heavy atom. The van der Waals surface area contributed by atoms with Crippen LogP contribution in [0.15, 0.2) is 29.3 Å². The van der Waals surface area contributed by atoms with E-state index in [1.807, 2.05) is 19.1 Å². The van der Waals surface area contributed by atoms with Crippen molar-refractivity contribution in [2.45, 2.75) is 33.2 Å². The molecule has 0 aromatic heterocycles. The van der Waals surface area contributed by atoms with Gasteiger partial charge >= 0.3 is 0 Å². The van der Waals surface area contributed by atoms with Gasteiger partial charge in [0.2, 0.25) is 10.0 Å². The van der Waals surface area contributed by atoms with E-state index in [1.54, 1.807) is 0 Å². The molecular weight excluding hydrogens is 439 g/mol. The molecule has 8 heteroatoms. The number of aryl methyl sites for hydroxylation is 1. The highest BCUT2D eigenvalue weighted by Gasteiger charge is 2.02. The Labute approximate surface area is 163 Å². The first-order valence-electron chi connectivity index (χ1n) is 7.99. The van der Waals surface area contributed by atoms with Gasteiger partial charge < -0.3 is 10.6 Å². The van der Waals surface area contributed by atoms with Crippen molar-refractivity contribution in [2.24, 2.45) is 4.99 Å². The first kappa shape index (κ1) is 23.1. The number of benzene rings is 1. The van der Waals surface area contributed by atoms with E-state index in [4.69, 9.17) is 0 Å². The van der Waals surface area contributed by atoms with Crippen molar-refractivity contribution in [1.82, 2.24) is 15.4 Å². The van der Waals surface area contributed by atoms with Crippen molar-refractivity contribution >= 4 is 40.0 Å². The van der Waals surface area contributed by atoms with Crippen LogP contribution in [0.25, 0.3) is 0 Å². The number of halogens is 1. The fourth-order valence-corrected chi connectivity index (χ4v) is 2.63. The second kappa shape index (κ2) is 12.5. The van der Waals surface area contributed by atoms with Crippen LogP contribution in [0.2, 0.25) is 0 Å². The maximum atomic E-state index is 11.0. The van der Waals surface area contributed by atoms with Crippen molar-refractivity contribution in [1.29, 1.82) is 0 Å². The van der Waals surface area contributed by atoms with Gasteiger partial charge in [-0.2, -0.15) is 0 Å². The largest absolute Gasteiger partial charge is 0.357 e. The highest BCUT2D eigenvalue weighted by Crippen LogP contribution is 2.10. The SMILES string of the molecule is CCNC(=NCc1ccccc1CC)NCCCNS(C)(=O)=O.I. The lowest BCUT2D eigenvalue weighted by atomic mass is 10.1. The molecule has 24 heavy (non-hydrogen) atoms. The first-order valence-corrected chi connectivity index (χ1v) is 9.89. The van der Waals surface area contributed by atoms with E-state index in [-0.39, 0.29) is 24.0 Å². The molecule has 0 amide bonds. The number of guanidine groups is 1. The summed E-state index contributed by atoms with van der Waals surface area (Å²) in [7, 11) is -3.11. The lowest BCUT2D eigenvalue weighted by Gasteiger charge is -2.12. The number of nitrogens with one attached hydrogen (secondary N) is 3. The number of sulfonamides is 1. The van der Waals surface area contributed by atoms with Gasteiger partial charge in [-0.05, 0) is 30.9 Å². The zero-order valence-electron chi connectivity index (χ0n) is 14.6. The van der Waals surface area contributed by atoms with Gasteiger partial charge in [0.1, 0.15) is 0 Å². The van der Waals surface area contributed by atoms with Crippen molar-refractivity contribution in [2.75, 3.05) is 25.9 Å². The Morgan fingerprint density at radius 3 is 2.33 bits per heavy atom. The lowest BCUT2D eigenvalue weighted by molar-refractivity contribution is 0.584. The summed E-state index contributed by atoms with van der Waals surface area (Å²) in [5, 5.41) is 6.42. The smallest absolute Gasteiger partial charge is 0.208 e. The molecule has 1 rings (SSSR count). The predicted octanol–water partition coefficient (Wildman–Crippen LogP) is 1.86. The first-order chi connectivity index (χ1) is 11.0. The molecule has 0 radical (unpaired) electrons. The van der Waals surface area contributed by atoms with Crippen molar-refractivity contribution in [3.05, 3.63) is 35.4 Å². The number of nitrogens with zero attached hydrogens (tertiary/aromatic N) is 1. The van der Waals surface area contributed by atoms with Gasteiger partial charge in [0, 0.05) is 19.6 Å². The van der Waals surface area contributed by atoms with Gasteiger partial charge in [-0.1, -0.05) is 31.2 Å². The van der Waals surface area contributed by atoms with Gasteiger partial charge in [-0.25, -0.2) is 18.1 Å². The van der Waals surface area contributed by atoms with Gasteiger partial charge in [-0.15, -0.1) is 24.0 Å². The number of hydrogen-bond donors (Lipinski definition) is 3. The van der Waals surface area contributed by atoms with Crippen LogP contribution in [0.3, 0.4) is 0 Å². The summed E-state index contributed by atoms with van der Waals surface area (Å²) in [6.07, 6.45) is 2.85. The summed E-state index contributed by atoms with van der Waals surface area (Å²) in [4.78, 5) is 4.59. The summed E-state index contributed by atoms with van der Waals surface area (Å²) in [6, 6.07) is 8.30. The fraction of sp³-hybridized carbons (Fsp3) is 0.562. The summed E-state index contributed by atoms with van der Waals surface area (Å²) in [6.45, 7) is 6.64. The fourth-order valence-electron chi connectivity index (χ4n) is 2.12. The maximum absolute atomic E-state index is 11.0. The third-order valence-corrected chi connectivity index (χ3v) is 3.99. The van der Waals surface area contributed by atoms with Crippen LogP contribution in [0.1, 0.15) is 31.4 Å². The van der Waals surface area contributed by atoms with Crippen LogP contribution in [0.4, 0.5) is 0 Å². The molecule has 1 aromatic rings. The van der Waals surface area contributed by atoms with Crippen LogP contribution >= 0.6 is 24.0 Å². The number of hydrogen-bond acceptors (Lipinski definition) is 3. The van der Waals surface area contributed by atoms with Crippen LogP contribution < -0.4 is 15.4 Å². The van der Waals surface area contributed by atoms with E-state index in [2.05, 4.69) is 39.4 Å². The standard InChI is InChI=1S/C16H28N4O2S.HI/c1-4-14-9-6-7-10-15(14)13-19-16(17-5-2)18-11-8-12-20-23(3,21)22;/h6-7,9-10,20H,4-5,8,11-13H2,1-3H3,(H2,17,18,19);1H. The Morgan fingerprint density at radius 2 is 1.75 bits per heavy atom. The maximum Gasteiger partial charge on any atom is 0.208 e. The van der Waals surface area contributed by atoms with Gasteiger partial charge in [0.05, 0.1) is 12.8 Å². The average Bonchev–Trinajstić information content (AvgIpc) is 2.51. The minimum atomic E-state index is -3.11. The molecule has 3 N–H and O–H groups in total. The zero-order chi connectivity index (χ0) is 17.1. The Kier molecular flexibility index (Phi) is 12.0. The molecule has 0 aliphatic carbocycles. The van der Waals surface area contributed by atoms with Gasteiger partial charge in [0.15, 0.2) is 5.96 Å². The lowest BCUT2D eigenvalue weighted by Crippen LogP contribution is -2.38. The van der Waals surface area contributed by atoms with E-state index < -0.39 is 10.0 Å². The third kappa shape index (κ3) is 10.1. The highest BCUT2D eigenvalue weighted by atomic mass is 127. The molecule has 0 bridgehead atoms.